The van der Waals surface area contributed by atoms with Gasteiger partial charge in [0.1, 0.15) is 0 Å². The molecule has 0 saturated heterocycles. The lowest BCUT2D eigenvalue weighted by Gasteiger charge is -2.28. The molecule has 1 aromatic carbocycles. The second-order valence-electron chi connectivity index (χ2n) is 8.24. The molecule has 32 heavy (non-hydrogen) atoms. The number of amides is 1. The molecule has 176 valence electrons. The standard InChI is InChI=1S/C25H36N2O5/c1-5-7-14-26(15-8-6-2)16-9-17-27-22(21(18(3)28)23(29)24(27)30)19-10-12-20(13-11-19)25(31)32-4/h10-13,22,29H,5-9,14-17H2,1-4H3/t22-/m1/s1. The molecule has 1 heterocycles. The minimum Gasteiger partial charge on any atom is -0.503 e. The molecule has 0 aliphatic carbocycles. The minimum absolute atomic E-state index is 0.106. The molecule has 1 amide bonds. The monoisotopic (exact) mass is 444 g/mol. The number of aliphatic hydroxyl groups is 1. The first-order chi connectivity index (χ1) is 15.3. The maximum Gasteiger partial charge on any atom is 0.337 e. The Balaban J connectivity index is 2.19. The smallest absolute Gasteiger partial charge is 0.337 e. The summed E-state index contributed by atoms with van der Waals surface area (Å²) in [5.41, 5.74) is 1.16. The predicted octanol–water partition coefficient (Wildman–Crippen LogP) is 4.05. The maximum absolute atomic E-state index is 12.8. The number of ketones is 1. The molecule has 7 nitrogen and oxygen atoms in total. The van der Waals surface area contributed by atoms with Gasteiger partial charge in [-0.2, -0.15) is 0 Å². The number of benzene rings is 1. The van der Waals surface area contributed by atoms with Crippen LogP contribution in [0, 0.1) is 0 Å². The van der Waals surface area contributed by atoms with Crippen LogP contribution >= 0.6 is 0 Å². The summed E-state index contributed by atoms with van der Waals surface area (Å²) < 4.78 is 4.74. The van der Waals surface area contributed by atoms with E-state index in [2.05, 4.69) is 18.7 Å². The summed E-state index contributed by atoms with van der Waals surface area (Å²) in [5.74, 6) is -1.80. The van der Waals surface area contributed by atoms with Crippen LogP contribution in [0.15, 0.2) is 35.6 Å². The molecule has 1 atom stereocenters. The lowest BCUT2D eigenvalue weighted by Crippen LogP contribution is -2.35. The summed E-state index contributed by atoms with van der Waals surface area (Å²) in [5, 5.41) is 10.4. The first-order valence-corrected chi connectivity index (χ1v) is 11.5. The first-order valence-electron chi connectivity index (χ1n) is 11.5. The van der Waals surface area contributed by atoms with Crippen LogP contribution in [0.3, 0.4) is 0 Å². The summed E-state index contributed by atoms with van der Waals surface area (Å²) in [7, 11) is 1.31. The van der Waals surface area contributed by atoms with Gasteiger partial charge in [-0.05, 0) is 63.5 Å². The molecule has 0 bridgehead atoms. The zero-order valence-corrected chi connectivity index (χ0v) is 19.7. The number of methoxy groups -OCH3 is 1. The lowest BCUT2D eigenvalue weighted by molar-refractivity contribution is -0.129. The van der Waals surface area contributed by atoms with Crippen molar-refractivity contribution in [3.63, 3.8) is 0 Å². The maximum atomic E-state index is 12.8. The Bertz CT molecular complexity index is 823. The summed E-state index contributed by atoms with van der Waals surface area (Å²) in [6.07, 6.45) is 5.29. The van der Waals surface area contributed by atoms with Crippen LogP contribution in [-0.4, -0.2) is 65.9 Å². The van der Waals surface area contributed by atoms with Crippen LogP contribution in [0.5, 0.6) is 0 Å². The molecule has 1 N–H and O–H groups in total. The Labute approximate surface area is 191 Å². The summed E-state index contributed by atoms with van der Waals surface area (Å²) in [6.45, 7) is 9.06. The Morgan fingerprint density at radius 3 is 2.09 bits per heavy atom. The molecule has 0 saturated carbocycles. The molecule has 0 aromatic heterocycles. The van der Waals surface area contributed by atoms with Gasteiger partial charge in [0.15, 0.2) is 11.5 Å². The highest BCUT2D eigenvalue weighted by Gasteiger charge is 2.42. The highest BCUT2D eigenvalue weighted by atomic mass is 16.5. The zero-order chi connectivity index (χ0) is 23.7. The van der Waals surface area contributed by atoms with Crippen molar-refractivity contribution in [2.75, 3.05) is 33.3 Å². The second kappa shape index (κ2) is 12.4. The quantitative estimate of drug-likeness (QED) is 0.462. The molecule has 1 aromatic rings. The van der Waals surface area contributed by atoms with Crippen molar-refractivity contribution in [3.8, 4) is 0 Å². The number of hydrogen-bond acceptors (Lipinski definition) is 6. The number of nitrogens with zero attached hydrogens (tertiary/aromatic N) is 2. The van der Waals surface area contributed by atoms with Gasteiger partial charge < -0.3 is 19.6 Å². The van der Waals surface area contributed by atoms with Gasteiger partial charge in [-0.25, -0.2) is 4.79 Å². The van der Waals surface area contributed by atoms with Crippen LogP contribution in [-0.2, 0) is 14.3 Å². The van der Waals surface area contributed by atoms with Gasteiger partial charge in [-0.15, -0.1) is 0 Å². The number of unbranched alkanes of at least 4 members (excludes halogenated alkanes) is 2. The molecule has 1 aliphatic rings. The summed E-state index contributed by atoms with van der Waals surface area (Å²) >= 11 is 0. The van der Waals surface area contributed by atoms with E-state index in [-0.39, 0.29) is 11.4 Å². The third-order valence-electron chi connectivity index (χ3n) is 5.86. The largest absolute Gasteiger partial charge is 0.503 e. The molecule has 7 heteroatoms. The first kappa shape index (κ1) is 25.6. The van der Waals surface area contributed by atoms with Crippen molar-refractivity contribution in [1.82, 2.24) is 9.80 Å². The topological polar surface area (TPSA) is 87.2 Å². The van der Waals surface area contributed by atoms with Crippen molar-refractivity contribution in [2.24, 2.45) is 0 Å². The molecule has 0 radical (unpaired) electrons. The fraction of sp³-hybridized carbons (Fsp3) is 0.560. The normalized spacial score (nSPS) is 16.2. The SMILES string of the molecule is CCCCN(CCCC)CCCN1C(=O)C(O)=C(C(C)=O)[C@H]1c1ccc(C(=O)OC)cc1. The van der Waals surface area contributed by atoms with E-state index in [1.54, 1.807) is 29.2 Å². The van der Waals surface area contributed by atoms with Crippen LogP contribution in [0.25, 0.3) is 0 Å². The van der Waals surface area contributed by atoms with Gasteiger partial charge >= 0.3 is 5.97 Å². The second-order valence-corrected chi connectivity index (χ2v) is 8.24. The summed E-state index contributed by atoms with van der Waals surface area (Å²) in [4.78, 5) is 40.9. The van der Waals surface area contributed by atoms with E-state index in [0.717, 1.165) is 51.7 Å². The van der Waals surface area contributed by atoms with E-state index in [0.29, 0.717) is 17.7 Å². The number of Topliss-reactive ketones (excluding diaryl/α,β-unsaturated/α-hetero) is 1. The molecule has 2 rings (SSSR count). The van der Waals surface area contributed by atoms with E-state index >= 15 is 0 Å². The highest BCUT2D eigenvalue weighted by Crippen LogP contribution is 2.37. The lowest BCUT2D eigenvalue weighted by atomic mass is 9.96. The third kappa shape index (κ3) is 6.19. The molecular weight excluding hydrogens is 408 g/mol. The van der Waals surface area contributed by atoms with Crippen LogP contribution in [0.1, 0.15) is 74.8 Å². The molecule has 0 unspecified atom stereocenters. The third-order valence-corrected chi connectivity index (χ3v) is 5.86. The Morgan fingerprint density at radius 1 is 1.03 bits per heavy atom. The average molecular weight is 445 g/mol. The highest BCUT2D eigenvalue weighted by molar-refractivity contribution is 6.08. The number of aliphatic hydroxyl groups excluding tert-OH is 1. The Morgan fingerprint density at radius 2 is 1.59 bits per heavy atom. The van der Waals surface area contributed by atoms with Crippen molar-refractivity contribution < 1.29 is 24.2 Å². The van der Waals surface area contributed by atoms with Gasteiger partial charge in [0, 0.05) is 6.54 Å². The van der Waals surface area contributed by atoms with Gasteiger partial charge in [0.05, 0.1) is 24.3 Å². The van der Waals surface area contributed by atoms with Gasteiger partial charge in [-0.3, -0.25) is 9.59 Å². The van der Waals surface area contributed by atoms with Gasteiger partial charge in [-0.1, -0.05) is 38.8 Å². The molecule has 1 aliphatic heterocycles. The van der Waals surface area contributed by atoms with E-state index in [1.807, 2.05) is 0 Å². The van der Waals surface area contributed by atoms with Gasteiger partial charge in [0.25, 0.3) is 5.91 Å². The Kier molecular flexibility index (Phi) is 9.91. The van der Waals surface area contributed by atoms with Crippen molar-refractivity contribution >= 4 is 17.7 Å². The number of hydrogen-bond donors (Lipinski definition) is 1. The van der Waals surface area contributed by atoms with Crippen LogP contribution in [0.2, 0.25) is 0 Å². The fourth-order valence-electron chi connectivity index (χ4n) is 4.07. The van der Waals surface area contributed by atoms with Crippen molar-refractivity contribution in [2.45, 2.75) is 58.9 Å². The van der Waals surface area contributed by atoms with E-state index < -0.39 is 23.7 Å². The molecule has 0 fully saturated rings. The number of rotatable bonds is 13. The molecule has 0 spiro atoms. The van der Waals surface area contributed by atoms with Crippen molar-refractivity contribution in [1.29, 1.82) is 0 Å². The van der Waals surface area contributed by atoms with Crippen LogP contribution in [0.4, 0.5) is 0 Å². The number of carbonyl (C=O) groups is 3. The number of esters is 1. The van der Waals surface area contributed by atoms with Gasteiger partial charge in [0.2, 0.25) is 0 Å². The molecular formula is C25H36N2O5. The Hall–Kier alpha value is -2.67. The average Bonchev–Trinajstić information content (AvgIpc) is 3.05. The zero-order valence-electron chi connectivity index (χ0n) is 19.7. The van der Waals surface area contributed by atoms with E-state index in [1.165, 1.54) is 14.0 Å². The fourth-order valence-corrected chi connectivity index (χ4v) is 4.07. The van der Waals surface area contributed by atoms with E-state index in [4.69, 9.17) is 4.74 Å². The summed E-state index contributed by atoms with van der Waals surface area (Å²) in [6, 6.07) is 5.95. The van der Waals surface area contributed by atoms with E-state index in [9.17, 15) is 19.5 Å². The number of ether oxygens (including phenoxy) is 1. The number of carbonyl (C=O) groups excluding carboxylic acids is 3. The minimum atomic E-state index is -0.661. The van der Waals surface area contributed by atoms with Crippen LogP contribution < -0.4 is 0 Å². The van der Waals surface area contributed by atoms with Crippen molar-refractivity contribution in [3.05, 3.63) is 46.7 Å². The predicted molar refractivity (Wildman–Crippen MR) is 123 cm³/mol.